The number of nitrogens with one attached hydrogen (secondary N) is 1. The molecule has 0 aliphatic heterocycles. The van der Waals surface area contributed by atoms with E-state index in [1.165, 1.54) is 23.5 Å². The van der Waals surface area contributed by atoms with Crippen molar-refractivity contribution in [3.8, 4) is 5.75 Å². The highest BCUT2D eigenvalue weighted by molar-refractivity contribution is 7.99. The van der Waals surface area contributed by atoms with Crippen molar-refractivity contribution in [1.29, 1.82) is 0 Å². The first kappa shape index (κ1) is 14.4. The molecule has 0 saturated heterocycles. The van der Waals surface area contributed by atoms with E-state index in [-0.39, 0.29) is 0 Å². The van der Waals surface area contributed by atoms with Crippen molar-refractivity contribution in [3.63, 3.8) is 0 Å². The van der Waals surface area contributed by atoms with Crippen LogP contribution in [0.1, 0.15) is 38.8 Å². The standard InChI is InChI=1S/C14H23NOS/c1-4-17-10-9-11(2)15-12(3)13-5-7-14(16)8-6-13/h5-8,11-12,15-16H,4,9-10H2,1-3H3. The van der Waals surface area contributed by atoms with Crippen LogP contribution < -0.4 is 5.32 Å². The van der Waals surface area contributed by atoms with Crippen LogP contribution in [-0.4, -0.2) is 22.7 Å². The maximum absolute atomic E-state index is 9.24. The molecule has 0 aromatic heterocycles. The van der Waals surface area contributed by atoms with Gasteiger partial charge in [0.2, 0.25) is 0 Å². The van der Waals surface area contributed by atoms with Crippen LogP contribution >= 0.6 is 11.8 Å². The van der Waals surface area contributed by atoms with Gasteiger partial charge in [-0.05, 0) is 49.5 Å². The second kappa shape index (κ2) is 7.62. The zero-order chi connectivity index (χ0) is 12.7. The SMILES string of the molecule is CCSCCC(C)NC(C)c1ccc(O)cc1. The number of hydrogen-bond acceptors (Lipinski definition) is 3. The minimum absolute atomic E-state index is 0.327. The molecule has 2 nitrogen and oxygen atoms in total. The first-order valence-corrected chi connectivity index (χ1v) is 7.41. The molecule has 0 spiro atoms. The van der Waals surface area contributed by atoms with Crippen LogP contribution in [0.4, 0.5) is 0 Å². The molecule has 0 saturated carbocycles. The van der Waals surface area contributed by atoms with Crippen LogP contribution in [0, 0.1) is 0 Å². The summed E-state index contributed by atoms with van der Waals surface area (Å²) in [5.41, 5.74) is 1.22. The van der Waals surface area contributed by atoms with E-state index < -0.39 is 0 Å². The van der Waals surface area contributed by atoms with E-state index in [0.29, 0.717) is 17.8 Å². The van der Waals surface area contributed by atoms with Gasteiger partial charge in [0.05, 0.1) is 0 Å². The van der Waals surface area contributed by atoms with Crippen molar-refractivity contribution in [3.05, 3.63) is 29.8 Å². The lowest BCUT2D eigenvalue weighted by Gasteiger charge is -2.20. The predicted molar refractivity (Wildman–Crippen MR) is 76.7 cm³/mol. The minimum atomic E-state index is 0.327. The van der Waals surface area contributed by atoms with Crippen LogP contribution in [0.25, 0.3) is 0 Å². The Morgan fingerprint density at radius 2 is 1.88 bits per heavy atom. The summed E-state index contributed by atoms with van der Waals surface area (Å²) in [4.78, 5) is 0. The van der Waals surface area contributed by atoms with Crippen molar-refractivity contribution >= 4 is 11.8 Å². The van der Waals surface area contributed by atoms with Gasteiger partial charge in [0.15, 0.2) is 0 Å². The second-order valence-corrected chi connectivity index (χ2v) is 5.76. The molecule has 0 bridgehead atoms. The van der Waals surface area contributed by atoms with E-state index >= 15 is 0 Å². The summed E-state index contributed by atoms with van der Waals surface area (Å²) in [6.07, 6.45) is 1.20. The molecule has 0 fully saturated rings. The summed E-state index contributed by atoms with van der Waals surface area (Å²) < 4.78 is 0. The fourth-order valence-electron chi connectivity index (χ4n) is 1.77. The molecule has 96 valence electrons. The van der Waals surface area contributed by atoms with Gasteiger partial charge in [0.1, 0.15) is 5.75 Å². The molecule has 0 amide bonds. The molecule has 17 heavy (non-hydrogen) atoms. The van der Waals surface area contributed by atoms with Crippen LogP contribution in [0.3, 0.4) is 0 Å². The lowest BCUT2D eigenvalue weighted by Crippen LogP contribution is -2.29. The van der Waals surface area contributed by atoms with Crippen molar-refractivity contribution in [2.45, 2.75) is 39.3 Å². The van der Waals surface area contributed by atoms with Crippen molar-refractivity contribution < 1.29 is 5.11 Å². The Kier molecular flexibility index (Phi) is 6.45. The van der Waals surface area contributed by atoms with Crippen LogP contribution in [0.15, 0.2) is 24.3 Å². The third kappa shape index (κ3) is 5.46. The Morgan fingerprint density at radius 1 is 1.24 bits per heavy atom. The largest absolute Gasteiger partial charge is 0.508 e. The van der Waals surface area contributed by atoms with Gasteiger partial charge in [-0.15, -0.1) is 0 Å². The number of benzene rings is 1. The molecular formula is C14H23NOS. The quantitative estimate of drug-likeness (QED) is 0.729. The van der Waals surface area contributed by atoms with Gasteiger partial charge in [-0.25, -0.2) is 0 Å². The zero-order valence-electron chi connectivity index (χ0n) is 10.9. The molecule has 1 rings (SSSR count). The van der Waals surface area contributed by atoms with Crippen LogP contribution in [-0.2, 0) is 0 Å². The summed E-state index contributed by atoms with van der Waals surface area (Å²) in [7, 11) is 0. The fraction of sp³-hybridized carbons (Fsp3) is 0.571. The molecular weight excluding hydrogens is 230 g/mol. The van der Waals surface area contributed by atoms with Crippen molar-refractivity contribution in [2.75, 3.05) is 11.5 Å². The predicted octanol–water partition coefficient (Wildman–Crippen LogP) is 3.57. The van der Waals surface area contributed by atoms with E-state index in [1.54, 1.807) is 12.1 Å². The summed E-state index contributed by atoms with van der Waals surface area (Å²) >= 11 is 1.99. The lowest BCUT2D eigenvalue weighted by molar-refractivity contribution is 0.465. The number of hydrogen-bond donors (Lipinski definition) is 2. The Hall–Kier alpha value is -0.670. The zero-order valence-corrected chi connectivity index (χ0v) is 11.8. The lowest BCUT2D eigenvalue weighted by atomic mass is 10.1. The van der Waals surface area contributed by atoms with E-state index in [2.05, 4.69) is 26.1 Å². The molecule has 1 aromatic rings. The van der Waals surface area contributed by atoms with E-state index in [0.717, 1.165) is 0 Å². The highest BCUT2D eigenvalue weighted by atomic mass is 32.2. The Bertz CT molecular complexity index is 313. The summed E-state index contributed by atoms with van der Waals surface area (Å²) in [5.74, 6) is 2.74. The fourth-order valence-corrected chi connectivity index (χ4v) is 2.58. The topological polar surface area (TPSA) is 32.3 Å². The number of phenols is 1. The highest BCUT2D eigenvalue weighted by Gasteiger charge is 2.09. The Labute approximate surface area is 109 Å². The van der Waals surface area contributed by atoms with E-state index in [9.17, 15) is 5.11 Å². The van der Waals surface area contributed by atoms with E-state index in [1.807, 2.05) is 23.9 Å². The number of thioether (sulfide) groups is 1. The molecule has 1 aromatic carbocycles. The molecule has 2 unspecified atom stereocenters. The maximum Gasteiger partial charge on any atom is 0.115 e. The van der Waals surface area contributed by atoms with Gasteiger partial charge in [-0.1, -0.05) is 19.1 Å². The summed E-state index contributed by atoms with van der Waals surface area (Å²) in [5, 5.41) is 12.8. The molecule has 3 heteroatoms. The van der Waals surface area contributed by atoms with Gasteiger partial charge >= 0.3 is 0 Å². The average molecular weight is 253 g/mol. The first-order chi connectivity index (χ1) is 8.13. The number of phenolic OH excluding ortho intramolecular Hbond substituents is 1. The highest BCUT2D eigenvalue weighted by Crippen LogP contribution is 2.17. The number of rotatable bonds is 7. The molecule has 2 N–H and O–H groups in total. The third-order valence-corrected chi connectivity index (χ3v) is 3.76. The first-order valence-electron chi connectivity index (χ1n) is 6.26. The summed E-state index contributed by atoms with van der Waals surface area (Å²) in [6.45, 7) is 6.59. The molecule has 0 radical (unpaired) electrons. The summed E-state index contributed by atoms with van der Waals surface area (Å²) in [6, 6.07) is 8.28. The van der Waals surface area contributed by atoms with Gasteiger partial charge < -0.3 is 10.4 Å². The minimum Gasteiger partial charge on any atom is -0.508 e. The van der Waals surface area contributed by atoms with Crippen molar-refractivity contribution in [1.82, 2.24) is 5.32 Å². The smallest absolute Gasteiger partial charge is 0.115 e. The molecule has 0 aliphatic carbocycles. The monoisotopic (exact) mass is 253 g/mol. The molecule has 0 heterocycles. The Balaban J connectivity index is 2.37. The maximum atomic E-state index is 9.24. The molecule has 2 atom stereocenters. The number of aromatic hydroxyl groups is 1. The second-order valence-electron chi connectivity index (χ2n) is 4.37. The Morgan fingerprint density at radius 3 is 2.47 bits per heavy atom. The van der Waals surface area contributed by atoms with E-state index in [4.69, 9.17) is 0 Å². The third-order valence-electron chi connectivity index (χ3n) is 2.83. The van der Waals surface area contributed by atoms with Gasteiger partial charge in [-0.3, -0.25) is 0 Å². The normalized spacial score (nSPS) is 14.5. The van der Waals surface area contributed by atoms with Gasteiger partial charge in [0.25, 0.3) is 0 Å². The average Bonchev–Trinajstić information content (AvgIpc) is 2.30. The van der Waals surface area contributed by atoms with Crippen LogP contribution in [0.5, 0.6) is 5.75 Å². The van der Waals surface area contributed by atoms with Gasteiger partial charge in [0, 0.05) is 12.1 Å². The van der Waals surface area contributed by atoms with Gasteiger partial charge in [-0.2, -0.15) is 11.8 Å². The molecule has 0 aliphatic rings. The van der Waals surface area contributed by atoms with Crippen LogP contribution in [0.2, 0.25) is 0 Å². The van der Waals surface area contributed by atoms with Crippen molar-refractivity contribution in [2.24, 2.45) is 0 Å².